The standard InChI is InChI=1S/C20H25N3O4/c1-13-17(20(25)22(2)3)21-18(27-13)14-9-11-23(12-10-14)19(24)15-5-7-16(26-4)8-6-15/h5-8,14H,9-12H2,1-4H3. The van der Waals surface area contributed by atoms with Crippen LogP contribution in [0.25, 0.3) is 0 Å². The molecule has 3 rings (SSSR count). The quantitative estimate of drug-likeness (QED) is 0.826. The third-order valence-corrected chi connectivity index (χ3v) is 4.89. The van der Waals surface area contributed by atoms with Crippen LogP contribution in [0.2, 0.25) is 0 Å². The van der Waals surface area contributed by atoms with Crippen LogP contribution in [0.5, 0.6) is 5.75 Å². The first-order valence-electron chi connectivity index (χ1n) is 9.03. The lowest BCUT2D eigenvalue weighted by Gasteiger charge is -2.30. The number of benzene rings is 1. The molecule has 2 heterocycles. The van der Waals surface area contributed by atoms with Gasteiger partial charge in [-0.05, 0) is 44.0 Å². The molecule has 1 saturated heterocycles. The van der Waals surface area contributed by atoms with Gasteiger partial charge in [0.2, 0.25) is 0 Å². The zero-order chi connectivity index (χ0) is 19.6. The van der Waals surface area contributed by atoms with Crippen LogP contribution in [0.4, 0.5) is 0 Å². The van der Waals surface area contributed by atoms with Crippen molar-refractivity contribution in [2.75, 3.05) is 34.3 Å². The lowest BCUT2D eigenvalue weighted by atomic mass is 9.96. The Morgan fingerprint density at radius 2 is 1.81 bits per heavy atom. The van der Waals surface area contributed by atoms with Crippen molar-refractivity contribution in [2.24, 2.45) is 0 Å². The molecule has 1 aliphatic rings. The first-order chi connectivity index (χ1) is 12.9. The van der Waals surface area contributed by atoms with Crippen molar-refractivity contribution in [3.05, 3.63) is 47.2 Å². The number of rotatable bonds is 4. The average molecular weight is 371 g/mol. The van der Waals surface area contributed by atoms with Crippen molar-refractivity contribution in [3.8, 4) is 5.75 Å². The molecule has 1 fully saturated rings. The Labute approximate surface area is 158 Å². The molecule has 1 aromatic carbocycles. The molecule has 0 radical (unpaired) electrons. The van der Waals surface area contributed by atoms with E-state index >= 15 is 0 Å². The van der Waals surface area contributed by atoms with Crippen LogP contribution < -0.4 is 4.74 Å². The minimum Gasteiger partial charge on any atom is -0.497 e. The van der Waals surface area contributed by atoms with Crippen molar-refractivity contribution < 1.29 is 18.7 Å². The topological polar surface area (TPSA) is 75.9 Å². The molecule has 0 saturated carbocycles. The Bertz CT molecular complexity index is 818. The number of amides is 2. The minimum atomic E-state index is -0.158. The molecule has 144 valence electrons. The number of hydrogen-bond donors (Lipinski definition) is 0. The van der Waals surface area contributed by atoms with E-state index in [0.717, 1.165) is 18.6 Å². The van der Waals surface area contributed by atoms with Gasteiger partial charge in [-0.3, -0.25) is 9.59 Å². The summed E-state index contributed by atoms with van der Waals surface area (Å²) in [5.41, 5.74) is 1.02. The Balaban J connectivity index is 1.64. The smallest absolute Gasteiger partial charge is 0.275 e. The molecular formula is C20H25N3O4. The number of aryl methyl sites for hydroxylation is 1. The fourth-order valence-electron chi connectivity index (χ4n) is 3.25. The molecular weight excluding hydrogens is 346 g/mol. The van der Waals surface area contributed by atoms with Crippen molar-refractivity contribution in [2.45, 2.75) is 25.7 Å². The lowest BCUT2D eigenvalue weighted by Crippen LogP contribution is -2.38. The molecule has 0 spiro atoms. The molecule has 1 aromatic heterocycles. The summed E-state index contributed by atoms with van der Waals surface area (Å²) in [5, 5.41) is 0. The van der Waals surface area contributed by atoms with Crippen molar-refractivity contribution in [1.82, 2.24) is 14.8 Å². The number of piperidine rings is 1. The predicted molar refractivity (Wildman–Crippen MR) is 100 cm³/mol. The Hall–Kier alpha value is -2.83. The fourth-order valence-corrected chi connectivity index (χ4v) is 3.25. The van der Waals surface area contributed by atoms with Gasteiger partial charge < -0.3 is 19.0 Å². The normalized spacial score (nSPS) is 14.9. The molecule has 2 aromatic rings. The van der Waals surface area contributed by atoms with Gasteiger partial charge in [0.05, 0.1) is 7.11 Å². The van der Waals surface area contributed by atoms with Crippen molar-refractivity contribution in [3.63, 3.8) is 0 Å². The maximum absolute atomic E-state index is 12.7. The highest BCUT2D eigenvalue weighted by Gasteiger charge is 2.29. The summed E-state index contributed by atoms with van der Waals surface area (Å²) < 4.78 is 10.9. The average Bonchev–Trinajstić information content (AvgIpc) is 3.08. The molecule has 0 atom stereocenters. The summed E-state index contributed by atoms with van der Waals surface area (Å²) in [7, 11) is 4.99. The van der Waals surface area contributed by atoms with Gasteiger partial charge in [0, 0.05) is 38.7 Å². The van der Waals surface area contributed by atoms with E-state index in [0.29, 0.717) is 36.0 Å². The van der Waals surface area contributed by atoms with Crippen LogP contribution in [0.1, 0.15) is 51.3 Å². The van der Waals surface area contributed by atoms with E-state index in [1.165, 1.54) is 4.90 Å². The molecule has 0 aliphatic carbocycles. The molecule has 0 unspecified atom stereocenters. The van der Waals surface area contributed by atoms with Crippen LogP contribution in [0.15, 0.2) is 28.7 Å². The number of likely N-dealkylation sites (tertiary alicyclic amines) is 1. The molecule has 0 N–H and O–H groups in total. The van der Waals surface area contributed by atoms with Gasteiger partial charge in [0.15, 0.2) is 11.6 Å². The number of ether oxygens (including phenoxy) is 1. The maximum Gasteiger partial charge on any atom is 0.275 e. The number of carbonyl (C=O) groups excluding carboxylic acids is 2. The molecule has 7 nitrogen and oxygen atoms in total. The molecule has 7 heteroatoms. The van der Waals surface area contributed by atoms with Crippen LogP contribution in [-0.2, 0) is 0 Å². The third-order valence-electron chi connectivity index (χ3n) is 4.89. The number of hydrogen-bond acceptors (Lipinski definition) is 5. The summed E-state index contributed by atoms with van der Waals surface area (Å²) in [4.78, 5) is 32.6. The predicted octanol–water partition coefficient (Wildman–Crippen LogP) is 2.71. The van der Waals surface area contributed by atoms with Gasteiger partial charge in [-0.15, -0.1) is 0 Å². The highest BCUT2D eigenvalue weighted by molar-refractivity contribution is 5.94. The highest BCUT2D eigenvalue weighted by atomic mass is 16.5. The van der Waals surface area contributed by atoms with E-state index in [1.54, 1.807) is 52.4 Å². The lowest BCUT2D eigenvalue weighted by molar-refractivity contribution is 0.0706. The van der Waals surface area contributed by atoms with Crippen LogP contribution in [0.3, 0.4) is 0 Å². The third kappa shape index (κ3) is 3.97. The van der Waals surface area contributed by atoms with Gasteiger partial charge in [0.25, 0.3) is 11.8 Å². The zero-order valence-electron chi connectivity index (χ0n) is 16.2. The summed E-state index contributed by atoms with van der Waals surface area (Å²) in [6.45, 7) is 3.03. The summed E-state index contributed by atoms with van der Waals surface area (Å²) in [5.74, 6) is 1.84. The van der Waals surface area contributed by atoms with Gasteiger partial charge in [-0.25, -0.2) is 4.98 Å². The van der Waals surface area contributed by atoms with Gasteiger partial charge >= 0.3 is 0 Å². The molecule has 27 heavy (non-hydrogen) atoms. The summed E-state index contributed by atoms with van der Waals surface area (Å²) in [6, 6.07) is 7.14. The van der Waals surface area contributed by atoms with Gasteiger partial charge in [-0.1, -0.05) is 0 Å². The molecule has 1 aliphatic heterocycles. The monoisotopic (exact) mass is 371 g/mol. The first-order valence-corrected chi connectivity index (χ1v) is 9.03. The highest BCUT2D eigenvalue weighted by Crippen LogP contribution is 2.29. The van der Waals surface area contributed by atoms with E-state index < -0.39 is 0 Å². The fraction of sp³-hybridized carbons (Fsp3) is 0.450. The first kappa shape index (κ1) is 18.9. The summed E-state index contributed by atoms with van der Waals surface area (Å²) >= 11 is 0. The SMILES string of the molecule is COc1ccc(C(=O)N2CCC(c3nc(C(=O)N(C)C)c(C)o3)CC2)cc1. The number of oxazole rings is 1. The van der Waals surface area contributed by atoms with E-state index in [1.807, 2.05) is 4.90 Å². The zero-order valence-corrected chi connectivity index (χ0v) is 16.2. The number of methoxy groups -OCH3 is 1. The second-order valence-electron chi connectivity index (χ2n) is 6.95. The van der Waals surface area contributed by atoms with Crippen LogP contribution >= 0.6 is 0 Å². The van der Waals surface area contributed by atoms with E-state index in [9.17, 15) is 9.59 Å². The van der Waals surface area contributed by atoms with E-state index in [2.05, 4.69) is 4.98 Å². The van der Waals surface area contributed by atoms with E-state index in [4.69, 9.17) is 9.15 Å². The van der Waals surface area contributed by atoms with Crippen LogP contribution in [-0.4, -0.2) is 60.9 Å². The Kier molecular flexibility index (Phi) is 5.48. The number of nitrogens with zero attached hydrogens (tertiary/aromatic N) is 3. The van der Waals surface area contributed by atoms with Crippen LogP contribution in [0, 0.1) is 6.92 Å². The second-order valence-corrected chi connectivity index (χ2v) is 6.95. The van der Waals surface area contributed by atoms with E-state index in [-0.39, 0.29) is 17.7 Å². The van der Waals surface area contributed by atoms with Gasteiger partial charge in [-0.2, -0.15) is 0 Å². The maximum atomic E-state index is 12.7. The van der Waals surface area contributed by atoms with Crippen molar-refractivity contribution >= 4 is 11.8 Å². The molecule has 0 bridgehead atoms. The number of aromatic nitrogens is 1. The Morgan fingerprint density at radius 1 is 1.19 bits per heavy atom. The minimum absolute atomic E-state index is 0.0168. The number of carbonyl (C=O) groups is 2. The second kappa shape index (κ2) is 7.82. The largest absolute Gasteiger partial charge is 0.497 e. The van der Waals surface area contributed by atoms with Crippen molar-refractivity contribution in [1.29, 1.82) is 0 Å². The molecule has 2 amide bonds. The van der Waals surface area contributed by atoms with Gasteiger partial charge in [0.1, 0.15) is 11.5 Å². The summed E-state index contributed by atoms with van der Waals surface area (Å²) in [6.07, 6.45) is 1.52. The Morgan fingerprint density at radius 3 is 2.37 bits per heavy atom.